The van der Waals surface area contributed by atoms with Gasteiger partial charge in [-0.3, -0.25) is 14.9 Å². The van der Waals surface area contributed by atoms with Crippen molar-refractivity contribution in [3.05, 3.63) is 30.1 Å². The first-order valence-corrected chi connectivity index (χ1v) is 8.74. The maximum absolute atomic E-state index is 6.00. The van der Waals surface area contributed by atoms with Gasteiger partial charge in [-0.25, -0.2) is 0 Å². The first-order valence-electron chi connectivity index (χ1n) is 8.74. The second-order valence-corrected chi connectivity index (χ2v) is 6.23. The molecular formula is C18H33N5. The van der Waals surface area contributed by atoms with E-state index in [1.54, 1.807) is 0 Å². The van der Waals surface area contributed by atoms with E-state index in [9.17, 15) is 0 Å². The van der Waals surface area contributed by atoms with E-state index in [0.717, 1.165) is 44.7 Å². The third-order valence-corrected chi connectivity index (χ3v) is 3.96. The summed E-state index contributed by atoms with van der Waals surface area (Å²) in [6, 6.07) is 6.41. The zero-order chi connectivity index (χ0) is 17.1. The molecule has 0 aliphatic heterocycles. The second-order valence-electron chi connectivity index (χ2n) is 6.23. The van der Waals surface area contributed by atoms with E-state index in [1.807, 2.05) is 24.4 Å². The Bertz CT molecular complexity index is 440. The number of nitrogens with one attached hydrogen (secondary N) is 1. The van der Waals surface area contributed by atoms with Crippen LogP contribution in [0.25, 0.3) is 0 Å². The highest BCUT2D eigenvalue weighted by atomic mass is 15.2. The number of hydrogen-bond donors (Lipinski definition) is 2. The fraction of sp³-hybridized carbons (Fsp3) is 0.667. The van der Waals surface area contributed by atoms with Gasteiger partial charge in [0.2, 0.25) is 0 Å². The predicted molar refractivity (Wildman–Crippen MR) is 98.6 cm³/mol. The Morgan fingerprint density at radius 1 is 1.30 bits per heavy atom. The van der Waals surface area contributed by atoms with Gasteiger partial charge in [0.15, 0.2) is 5.96 Å². The van der Waals surface area contributed by atoms with Crippen LogP contribution in [0, 0.1) is 5.92 Å². The molecule has 1 aromatic heterocycles. The molecule has 1 rings (SSSR count). The molecule has 0 radical (unpaired) electrons. The summed E-state index contributed by atoms with van der Waals surface area (Å²) in [6.07, 6.45) is 3.81. The van der Waals surface area contributed by atoms with E-state index in [0.29, 0.717) is 17.9 Å². The van der Waals surface area contributed by atoms with Gasteiger partial charge in [0.05, 0.1) is 6.54 Å². The standard InChI is InChI=1S/C18H33N5/c1-5-23(6-2)17(13-15(3)4)14-22-18(19)21-12-10-16-9-7-8-11-20-16/h7-9,11,15,17H,5-6,10,12-14H2,1-4H3,(H3,19,21,22). The predicted octanol–water partition coefficient (Wildman–Crippen LogP) is 2.28. The van der Waals surface area contributed by atoms with E-state index in [2.05, 4.69) is 47.9 Å². The Balaban J connectivity index is 2.44. The molecule has 1 atom stereocenters. The van der Waals surface area contributed by atoms with Crippen LogP contribution in [-0.4, -0.2) is 48.1 Å². The number of rotatable bonds is 10. The molecule has 1 unspecified atom stereocenters. The molecule has 0 fully saturated rings. The molecule has 0 aliphatic rings. The van der Waals surface area contributed by atoms with Gasteiger partial charge in [0.25, 0.3) is 0 Å². The topological polar surface area (TPSA) is 66.5 Å². The van der Waals surface area contributed by atoms with Crippen molar-refractivity contribution in [3.8, 4) is 0 Å². The van der Waals surface area contributed by atoms with Crippen molar-refractivity contribution in [1.82, 2.24) is 15.2 Å². The van der Waals surface area contributed by atoms with Crippen molar-refractivity contribution < 1.29 is 0 Å². The van der Waals surface area contributed by atoms with Crippen LogP contribution in [0.15, 0.2) is 29.4 Å². The van der Waals surface area contributed by atoms with Crippen LogP contribution in [0.3, 0.4) is 0 Å². The molecule has 130 valence electrons. The Morgan fingerprint density at radius 3 is 2.61 bits per heavy atom. The summed E-state index contributed by atoms with van der Waals surface area (Å²) in [5.74, 6) is 1.19. The van der Waals surface area contributed by atoms with Crippen molar-refractivity contribution in [2.24, 2.45) is 16.6 Å². The molecule has 0 amide bonds. The average molecular weight is 319 g/mol. The van der Waals surface area contributed by atoms with Crippen molar-refractivity contribution in [1.29, 1.82) is 0 Å². The van der Waals surface area contributed by atoms with Gasteiger partial charge in [-0.15, -0.1) is 0 Å². The van der Waals surface area contributed by atoms with E-state index < -0.39 is 0 Å². The van der Waals surface area contributed by atoms with E-state index in [4.69, 9.17) is 5.73 Å². The normalized spacial score (nSPS) is 13.6. The molecule has 1 aromatic rings. The van der Waals surface area contributed by atoms with Crippen molar-refractivity contribution in [2.45, 2.75) is 46.6 Å². The Morgan fingerprint density at radius 2 is 2.04 bits per heavy atom. The van der Waals surface area contributed by atoms with Crippen LogP contribution >= 0.6 is 0 Å². The molecule has 5 heteroatoms. The van der Waals surface area contributed by atoms with Crippen LogP contribution in [0.2, 0.25) is 0 Å². The molecule has 23 heavy (non-hydrogen) atoms. The summed E-state index contributed by atoms with van der Waals surface area (Å²) in [6.45, 7) is 12.5. The lowest BCUT2D eigenvalue weighted by atomic mass is 10.0. The number of nitrogens with two attached hydrogens (primary N) is 1. The molecule has 3 N–H and O–H groups in total. The molecule has 1 heterocycles. The Kier molecular flexibility index (Phi) is 9.29. The molecule has 0 aromatic carbocycles. The van der Waals surface area contributed by atoms with E-state index in [-0.39, 0.29) is 0 Å². The number of hydrogen-bond acceptors (Lipinski definition) is 3. The largest absolute Gasteiger partial charge is 0.370 e. The van der Waals surface area contributed by atoms with E-state index >= 15 is 0 Å². The maximum atomic E-state index is 6.00. The molecule has 0 bridgehead atoms. The number of aliphatic imine (C=N–C) groups is 1. The minimum Gasteiger partial charge on any atom is -0.370 e. The van der Waals surface area contributed by atoms with Crippen molar-refractivity contribution in [2.75, 3.05) is 26.2 Å². The second kappa shape index (κ2) is 11.0. The van der Waals surface area contributed by atoms with Gasteiger partial charge in [0.1, 0.15) is 0 Å². The Hall–Kier alpha value is -1.62. The number of nitrogens with zero attached hydrogens (tertiary/aromatic N) is 3. The van der Waals surface area contributed by atoms with Crippen LogP contribution in [0.1, 0.15) is 39.8 Å². The summed E-state index contributed by atoms with van der Waals surface area (Å²) in [7, 11) is 0. The summed E-state index contributed by atoms with van der Waals surface area (Å²) < 4.78 is 0. The minimum atomic E-state index is 0.459. The number of pyridine rings is 1. The highest BCUT2D eigenvalue weighted by molar-refractivity contribution is 5.77. The zero-order valence-electron chi connectivity index (χ0n) is 15.1. The average Bonchev–Trinajstić information content (AvgIpc) is 2.54. The third-order valence-electron chi connectivity index (χ3n) is 3.96. The Labute approximate surface area is 141 Å². The lowest BCUT2D eigenvalue weighted by Gasteiger charge is -2.29. The molecule has 0 saturated heterocycles. The number of guanidine groups is 1. The minimum absolute atomic E-state index is 0.459. The highest BCUT2D eigenvalue weighted by Crippen LogP contribution is 2.12. The fourth-order valence-electron chi connectivity index (χ4n) is 2.75. The third kappa shape index (κ3) is 7.98. The number of aromatic nitrogens is 1. The van der Waals surface area contributed by atoms with Crippen molar-refractivity contribution >= 4 is 5.96 Å². The number of likely N-dealkylation sites (N-methyl/N-ethyl adjacent to an activating group) is 1. The summed E-state index contributed by atoms with van der Waals surface area (Å²) in [5, 5.41) is 3.18. The first-order chi connectivity index (χ1) is 11.1. The van der Waals surface area contributed by atoms with Gasteiger partial charge in [-0.2, -0.15) is 0 Å². The molecular weight excluding hydrogens is 286 g/mol. The van der Waals surface area contributed by atoms with Gasteiger partial charge in [0, 0.05) is 30.9 Å². The fourth-order valence-corrected chi connectivity index (χ4v) is 2.75. The summed E-state index contributed by atoms with van der Waals surface area (Å²) in [5.41, 5.74) is 7.06. The van der Waals surface area contributed by atoms with Crippen LogP contribution in [-0.2, 0) is 6.42 Å². The van der Waals surface area contributed by atoms with Crippen molar-refractivity contribution in [3.63, 3.8) is 0 Å². The molecule has 0 saturated carbocycles. The highest BCUT2D eigenvalue weighted by Gasteiger charge is 2.16. The van der Waals surface area contributed by atoms with Crippen LogP contribution in [0.4, 0.5) is 0 Å². The lowest BCUT2D eigenvalue weighted by Crippen LogP contribution is -2.40. The molecule has 5 nitrogen and oxygen atoms in total. The van der Waals surface area contributed by atoms with Gasteiger partial charge >= 0.3 is 0 Å². The van der Waals surface area contributed by atoms with E-state index in [1.165, 1.54) is 0 Å². The monoisotopic (exact) mass is 319 g/mol. The summed E-state index contributed by atoms with van der Waals surface area (Å²) >= 11 is 0. The summed E-state index contributed by atoms with van der Waals surface area (Å²) in [4.78, 5) is 11.3. The molecule has 0 aliphatic carbocycles. The zero-order valence-corrected chi connectivity index (χ0v) is 15.1. The van der Waals surface area contributed by atoms with Crippen LogP contribution in [0.5, 0.6) is 0 Å². The SMILES string of the molecule is CCN(CC)C(CN=C(N)NCCc1ccccn1)CC(C)C. The van der Waals surface area contributed by atoms with Gasteiger partial charge in [-0.1, -0.05) is 33.8 Å². The smallest absolute Gasteiger partial charge is 0.188 e. The molecule has 0 spiro atoms. The maximum Gasteiger partial charge on any atom is 0.188 e. The lowest BCUT2D eigenvalue weighted by molar-refractivity contribution is 0.196. The van der Waals surface area contributed by atoms with Gasteiger partial charge in [-0.05, 0) is 37.6 Å². The van der Waals surface area contributed by atoms with Crippen LogP contribution < -0.4 is 11.1 Å². The first kappa shape index (κ1) is 19.4. The quantitative estimate of drug-likeness (QED) is 0.513. The van der Waals surface area contributed by atoms with Gasteiger partial charge < -0.3 is 11.1 Å².